The summed E-state index contributed by atoms with van der Waals surface area (Å²) in [5.74, 6) is 0.448. The zero-order chi connectivity index (χ0) is 14.8. The molecular formula is C14H19N3O3. The molecule has 0 unspecified atom stereocenters. The van der Waals surface area contributed by atoms with Crippen molar-refractivity contribution in [3.8, 4) is 0 Å². The average Bonchev–Trinajstić information content (AvgIpc) is 2.95. The minimum atomic E-state index is -0.424. The molecule has 108 valence electrons. The van der Waals surface area contributed by atoms with Crippen molar-refractivity contribution in [3.63, 3.8) is 0 Å². The molecule has 0 radical (unpaired) electrons. The van der Waals surface area contributed by atoms with Gasteiger partial charge in [0.1, 0.15) is 5.76 Å². The Hall–Kier alpha value is -2.50. The van der Waals surface area contributed by atoms with Gasteiger partial charge >= 0.3 is 6.03 Å². The highest BCUT2D eigenvalue weighted by Crippen LogP contribution is 1.98. The summed E-state index contributed by atoms with van der Waals surface area (Å²) in [5.41, 5.74) is 0. The van der Waals surface area contributed by atoms with E-state index in [4.69, 9.17) is 4.42 Å². The van der Waals surface area contributed by atoms with E-state index in [9.17, 15) is 9.59 Å². The first-order valence-electron chi connectivity index (χ1n) is 6.21. The van der Waals surface area contributed by atoms with E-state index in [1.165, 1.54) is 11.2 Å². The molecule has 0 aliphatic heterocycles. The van der Waals surface area contributed by atoms with Crippen molar-refractivity contribution in [1.82, 2.24) is 15.5 Å². The van der Waals surface area contributed by atoms with Gasteiger partial charge in [-0.2, -0.15) is 0 Å². The summed E-state index contributed by atoms with van der Waals surface area (Å²) in [4.78, 5) is 24.9. The predicted octanol–water partition coefficient (Wildman–Crippen LogP) is 1.28. The fourth-order valence-corrected chi connectivity index (χ4v) is 1.50. The summed E-state index contributed by atoms with van der Waals surface area (Å²) >= 11 is 0. The highest BCUT2D eigenvalue weighted by molar-refractivity contribution is 5.84. The number of hydrogen-bond donors (Lipinski definition) is 2. The second-order valence-electron chi connectivity index (χ2n) is 3.99. The van der Waals surface area contributed by atoms with Crippen LogP contribution >= 0.6 is 0 Å². The Balaban J connectivity index is 2.29. The lowest BCUT2D eigenvalue weighted by Gasteiger charge is -2.19. The van der Waals surface area contributed by atoms with Crippen molar-refractivity contribution in [2.45, 2.75) is 6.54 Å². The molecule has 0 aromatic carbocycles. The van der Waals surface area contributed by atoms with Crippen molar-refractivity contribution in [1.29, 1.82) is 0 Å². The van der Waals surface area contributed by atoms with Gasteiger partial charge in [-0.3, -0.25) is 4.79 Å². The Labute approximate surface area is 118 Å². The molecule has 2 N–H and O–H groups in total. The minimum absolute atomic E-state index is 0.0777. The van der Waals surface area contributed by atoms with E-state index in [2.05, 4.69) is 23.8 Å². The third kappa shape index (κ3) is 5.43. The maximum absolute atomic E-state index is 11.8. The van der Waals surface area contributed by atoms with E-state index >= 15 is 0 Å². The van der Waals surface area contributed by atoms with E-state index < -0.39 is 6.03 Å². The van der Waals surface area contributed by atoms with Gasteiger partial charge in [-0.05, 0) is 12.1 Å². The minimum Gasteiger partial charge on any atom is -0.467 e. The summed E-state index contributed by atoms with van der Waals surface area (Å²) in [5, 5.41) is 5.08. The van der Waals surface area contributed by atoms with Crippen LogP contribution in [0.2, 0.25) is 0 Å². The second-order valence-corrected chi connectivity index (χ2v) is 3.99. The molecule has 20 heavy (non-hydrogen) atoms. The molecule has 0 saturated heterocycles. The van der Waals surface area contributed by atoms with Gasteiger partial charge in [-0.25, -0.2) is 4.79 Å². The Morgan fingerprint density at radius 3 is 2.50 bits per heavy atom. The Morgan fingerprint density at radius 1 is 1.25 bits per heavy atom. The van der Waals surface area contributed by atoms with E-state index in [-0.39, 0.29) is 19.0 Å². The maximum atomic E-state index is 11.8. The van der Waals surface area contributed by atoms with Crippen LogP contribution in [0.1, 0.15) is 5.76 Å². The lowest BCUT2D eigenvalue weighted by Crippen LogP contribution is -2.43. The van der Waals surface area contributed by atoms with Crippen LogP contribution in [0.25, 0.3) is 0 Å². The molecule has 0 aliphatic rings. The fourth-order valence-electron chi connectivity index (χ4n) is 1.50. The first kappa shape index (κ1) is 15.6. The quantitative estimate of drug-likeness (QED) is 0.703. The van der Waals surface area contributed by atoms with Gasteiger partial charge in [-0.1, -0.05) is 12.2 Å². The Kier molecular flexibility index (Phi) is 6.67. The third-order valence-electron chi connectivity index (χ3n) is 2.46. The monoisotopic (exact) mass is 277 g/mol. The normalized spacial score (nSPS) is 9.60. The van der Waals surface area contributed by atoms with Crippen molar-refractivity contribution in [2.75, 3.05) is 19.6 Å². The van der Waals surface area contributed by atoms with E-state index in [1.807, 2.05) is 0 Å². The van der Waals surface area contributed by atoms with Crippen LogP contribution in [0.5, 0.6) is 0 Å². The number of furan rings is 1. The summed E-state index contributed by atoms with van der Waals surface area (Å²) in [7, 11) is 0. The second kappa shape index (κ2) is 8.58. The highest BCUT2D eigenvalue weighted by atomic mass is 16.3. The molecular weight excluding hydrogens is 258 g/mol. The summed E-state index contributed by atoms with van der Waals surface area (Å²) < 4.78 is 5.07. The molecule has 0 spiro atoms. The largest absolute Gasteiger partial charge is 0.467 e. The number of rotatable bonds is 8. The molecule has 0 aliphatic carbocycles. The lowest BCUT2D eigenvalue weighted by molar-refractivity contribution is -0.129. The summed E-state index contributed by atoms with van der Waals surface area (Å²) in [6.45, 7) is 8.19. The molecule has 1 rings (SSSR count). The standard InChI is InChI=1S/C14H19N3O3/c1-3-7-17(8-4-2)13(18)11-16-14(19)15-10-12-6-5-9-20-12/h3-6,9H,1-2,7-8,10-11H2,(H2,15,16,19). The van der Waals surface area contributed by atoms with Crippen molar-refractivity contribution in [2.24, 2.45) is 0 Å². The predicted molar refractivity (Wildman–Crippen MR) is 75.9 cm³/mol. The van der Waals surface area contributed by atoms with E-state index in [0.29, 0.717) is 18.8 Å². The van der Waals surface area contributed by atoms with Gasteiger partial charge in [0.05, 0.1) is 19.4 Å². The maximum Gasteiger partial charge on any atom is 0.315 e. The van der Waals surface area contributed by atoms with E-state index in [1.54, 1.807) is 24.3 Å². The molecule has 0 saturated carbocycles. The Bertz CT molecular complexity index is 444. The van der Waals surface area contributed by atoms with Crippen LogP contribution in [0.15, 0.2) is 48.1 Å². The van der Waals surface area contributed by atoms with Gasteiger partial charge in [0.25, 0.3) is 0 Å². The average molecular weight is 277 g/mol. The Morgan fingerprint density at radius 2 is 1.95 bits per heavy atom. The first-order chi connectivity index (χ1) is 9.67. The molecule has 1 heterocycles. The van der Waals surface area contributed by atoms with Gasteiger partial charge in [-0.15, -0.1) is 13.2 Å². The zero-order valence-electron chi connectivity index (χ0n) is 11.3. The topological polar surface area (TPSA) is 74.6 Å². The fraction of sp³-hybridized carbons (Fsp3) is 0.286. The molecule has 0 atom stereocenters. The molecule has 3 amide bonds. The number of carbonyl (C=O) groups is 2. The van der Waals surface area contributed by atoms with Gasteiger partial charge in [0.15, 0.2) is 0 Å². The van der Waals surface area contributed by atoms with Crippen LogP contribution in [-0.4, -0.2) is 36.5 Å². The highest BCUT2D eigenvalue weighted by Gasteiger charge is 2.11. The number of amides is 3. The summed E-state index contributed by atoms with van der Waals surface area (Å²) in [6.07, 6.45) is 4.78. The number of carbonyl (C=O) groups excluding carboxylic acids is 2. The number of urea groups is 1. The molecule has 1 aromatic heterocycles. The van der Waals surface area contributed by atoms with Crippen LogP contribution in [0.4, 0.5) is 4.79 Å². The number of hydrogen-bond acceptors (Lipinski definition) is 3. The van der Waals surface area contributed by atoms with Crippen LogP contribution in [-0.2, 0) is 11.3 Å². The zero-order valence-corrected chi connectivity index (χ0v) is 11.3. The molecule has 0 fully saturated rings. The molecule has 6 nitrogen and oxygen atoms in total. The molecule has 0 bridgehead atoms. The van der Waals surface area contributed by atoms with Crippen molar-refractivity contribution >= 4 is 11.9 Å². The van der Waals surface area contributed by atoms with Crippen LogP contribution in [0.3, 0.4) is 0 Å². The smallest absolute Gasteiger partial charge is 0.315 e. The third-order valence-corrected chi connectivity index (χ3v) is 2.46. The molecule has 6 heteroatoms. The molecule has 1 aromatic rings. The first-order valence-corrected chi connectivity index (χ1v) is 6.21. The van der Waals surface area contributed by atoms with Gasteiger partial charge in [0, 0.05) is 13.1 Å². The van der Waals surface area contributed by atoms with E-state index in [0.717, 1.165) is 0 Å². The number of nitrogens with zero attached hydrogens (tertiary/aromatic N) is 1. The van der Waals surface area contributed by atoms with Crippen molar-refractivity contribution in [3.05, 3.63) is 49.5 Å². The van der Waals surface area contributed by atoms with Gasteiger partial charge < -0.3 is 20.0 Å². The van der Waals surface area contributed by atoms with Crippen LogP contribution < -0.4 is 10.6 Å². The summed E-state index contributed by atoms with van der Waals surface area (Å²) in [6, 6.07) is 3.06. The SMILES string of the molecule is C=CCN(CC=C)C(=O)CNC(=O)NCc1ccco1. The van der Waals surface area contributed by atoms with Crippen molar-refractivity contribution < 1.29 is 14.0 Å². The van der Waals surface area contributed by atoms with Crippen LogP contribution in [0, 0.1) is 0 Å². The lowest BCUT2D eigenvalue weighted by atomic mass is 10.4. The number of nitrogens with one attached hydrogen (secondary N) is 2. The van der Waals surface area contributed by atoms with Gasteiger partial charge in [0.2, 0.25) is 5.91 Å².